The van der Waals surface area contributed by atoms with Crippen molar-refractivity contribution in [1.29, 1.82) is 0 Å². The van der Waals surface area contributed by atoms with Gasteiger partial charge in [0.2, 0.25) is 5.91 Å². The maximum atomic E-state index is 11.1. The zero-order chi connectivity index (χ0) is 12.7. The van der Waals surface area contributed by atoms with E-state index in [9.17, 15) is 4.79 Å². The Morgan fingerprint density at radius 2 is 2.18 bits per heavy atom. The van der Waals surface area contributed by atoms with Gasteiger partial charge < -0.3 is 15.8 Å². The van der Waals surface area contributed by atoms with Gasteiger partial charge >= 0.3 is 0 Å². The van der Waals surface area contributed by atoms with Crippen LogP contribution in [0.1, 0.15) is 17.5 Å². The minimum atomic E-state index is -0.0305. The Bertz CT molecular complexity index is 378. The molecule has 1 rings (SSSR count). The highest BCUT2D eigenvalue weighted by Gasteiger charge is 2.02. The molecule has 4 heteroatoms. The molecular formula is C13H20N2O2. The van der Waals surface area contributed by atoms with Crippen molar-refractivity contribution in [3.63, 3.8) is 0 Å². The summed E-state index contributed by atoms with van der Waals surface area (Å²) in [5, 5.41) is 2.74. The van der Waals surface area contributed by atoms with Gasteiger partial charge in [0, 0.05) is 13.0 Å². The van der Waals surface area contributed by atoms with Crippen molar-refractivity contribution in [2.45, 2.75) is 20.3 Å². The number of hydrogen-bond acceptors (Lipinski definition) is 3. The number of nitrogens with one attached hydrogen (secondary N) is 1. The zero-order valence-electron chi connectivity index (χ0n) is 10.5. The molecule has 0 aliphatic rings. The Morgan fingerprint density at radius 1 is 1.41 bits per heavy atom. The van der Waals surface area contributed by atoms with E-state index >= 15 is 0 Å². The fourth-order valence-corrected chi connectivity index (χ4v) is 1.45. The molecule has 0 bridgehead atoms. The Labute approximate surface area is 102 Å². The minimum absolute atomic E-state index is 0.0305. The maximum Gasteiger partial charge on any atom is 0.221 e. The van der Waals surface area contributed by atoms with Crippen LogP contribution in [0.4, 0.5) is 0 Å². The molecule has 0 saturated heterocycles. The summed E-state index contributed by atoms with van der Waals surface area (Å²) in [5.74, 6) is 0.843. The first-order valence-corrected chi connectivity index (χ1v) is 5.81. The molecule has 0 heterocycles. The third-order valence-corrected chi connectivity index (χ3v) is 2.61. The summed E-state index contributed by atoms with van der Waals surface area (Å²) in [6, 6.07) is 5.94. The summed E-state index contributed by atoms with van der Waals surface area (Å²) >= 11 is 0. The van der Waals surface area contributed by atoms with Crippen molar-refractivity contribution in [3.05, 3.63) is 29.3 Å². The second kappa shape index (κ2) is 6.91. The van der Waals surface area contributed by atoms with Crippen LogP contribution in [0.15, 0.2) is 18.2 Å². The minimum Gasteiger partial charge on any atom is -0.491 e. The first kappa shape index (κ1) is 13.5. The molecule has 1 amide bonds. The number of hydrogen-bond donors (Lipinski definition) is 2. The van der Waals surface area contributed by atoms with Gasteiger partial charge in [-0.15, -0.1) is 0 Å². The zero-order valence-corrected chi connectivity index (χ0v) is 10.5. The third-order valence-electron chi connectivity index (χ3n) is 2.61. The Hall–Kier alpha value is -1.55. The van der Waals surface area contributed by atoms with Gasteiger partial charge in [0.1, 0.15) is 12.4 Å². The van der Waals surface area contributed by atoms with Gasteiger partial charge in [0.15, 0.2) is 0 Å². The van der Waals surface area contributed by atoms with Crippen LogP contribution in [-0.2, 0) is 4.79 Å². The smallest absolute Gasteiger partial charge is 0.221 e. The molecule has 0 spiro atoms. The van der Waals surface area contributed by atoms with Gasteiger partial charge in [0.25, 0.3) is 0 Å². The fraction of sp³-hybridized carbons (Fsp3) is 0.462. The van der Waals surface area contributed by atoms with Gasteiger partial charge in [-0.3, -0.25) is 4.79 Å². The second-order valence-electron chi connectivity index (χ2n) is 3.94. The Kier molecular flexibility index (Phi) is 5.49. The molecule has 0 aromatic heterocycles. The van der Waals surface area contributed by atoms with E-state index < -0.39 is 0 Å². The molecule has 94 valence electrons. The van der Waals surface area contributed by atoms with E-state index in [-0.39, 0.29) is 5.91 Å². The number of amides is 1. The number of carbonyl (C=O) groups excluding carboxylic acids is 1. The van der Waals surface area contributed by atoms with Crippen molar-refractivity contribution < 1.29 is 9.53 Å². The molecule has 4 nitrogen and oxygen atoms in total. The van der Waals surface area contributed by atoms with Crippen molar-refractivity contribution in [2.24, 2.45) is 5.73 Å². The molecule has 17 heavy (non-hydrogen) atoms. The summed E-state index contributed by atoms with van der Waals surface area (Å²) in [5.41, 5.74) is 7.61. The lowest BCUT2D eigenvalue weighted by atomic mass is 10.1. The quantitative estimate of drug-likeness (QED) is 0.728. The molecule has 1 aromatic rings. The van der Waals surface area contributed by atoms with Crippen LogP contribution in [-0.4, -0.2) is 25.6 Å². The van der Waals surface area contributed by atoms with Crippen LogP contribution >= 0.6 is 0 Å². The highest BCUT2D eigenvalue weighted by Crippen LogP contribution is 2.20. The first-order valence-electron chi connectivity index (χ1n) is 5.81. The third kappa shape index (κ3) is 4.44. The van der Waals surface area contributed by atoms with Crippen LogP contribution in [0, 0.1) is 13.8 Å². The lowest BCUT2D eigenvalue weighted by Crippen LogP contribution is -2.29. The number of rotatable bonds is 6. The summed E-state index contributed by atoms with van der Waals surface area (Å²) in [4.78, 5) is 11.1. The van der Waals surface area contributed by atoms with Gasteiger partial charge in [-0.05, 0) is 31.0 Å². The predicted octanol–water partition coefficient (Wildman–Crippen LogP) is 1.15. The largest absolute Gasteiger partial charge is 0.491 e. The predicted molar refractivity (Wildman–Crippen MR) is 68.1 cm³/mol. The van der Waals surface area contributed by atoms with Crippen LogP contribution < -0.4 is 15.8 Å². The number of benzene rings is 1. The molecule has 0 radical (unpaired) electrons. The lowest BCUT2D eigenvalue weighted by molar-refractivity contribution is -0.120. The van der Waals surface area contributed by atoms with Crippen LogP contribution in [0.2, 0.25) is 0 Å². The SMILES string of the molecule is Cc1cccc(OCCNC(=O)CCN)c1C. The molecule has 0 atom stereocenters. The second-order valence-corrected chi connectivity index (χ2v) is 3.94. The summed E-state index contributed by atoms with van der Waals surface area (Å²) in [6.07, 6.45) is 0.365. The average Bonchev–Trinajstić information content (AvgIpc) is 2.30. The topological polar surface area (TPSA) is 64.3 Å². The van der Waals surface area contributed by atoms with Gasteiger partial charge in [0.05, 0.1) is 6.54 Å². The number of aryl methyl sites for hydroxylation is 1. The molecule has 0 aliphatic carbocycles. The van der Waals surface area contributed by atoms with E-state index in [1.165, 1.54) is 5.56 Å². The van der Waals surface area contributed by atoms with E-state index in [0.717, 1.165) is 11.3 Å². The maximum absolute atomic E-state index is 11.1. The lowest BCUT2D eigenvalue weighted by Gasteiger charge is -2.11. The van der Waals surface area contributed by atoms with Gasteiger partial charge in [-0.25, -0.2) is 0 Å². The number of carbonyl (C=O) groups is 1. The van der Waals surface area contributed by atoms with Crippen molar-refractivity contribution >= 4 is 5.91 Å². The molecule has 0 fully saturated rings. The number of ether oxygens (including phenoxy) is 1. The average molecular weight is 236 g/mol. The number of nitrogens with two attached hydrogens (primary N) is 1. The van der Waals surface area contributed by atoms with Gasteiger partial charge in [-0.1, -0.05) is 12.1 Å². The molecule has 0 unspecified atom stereocenters. The fourth-order valence-electron chi connectivity index (χ4n) is 1.45. The van der Waals surface area contributed by atoms with E-state index in [1.54, 1.807) is 0 Å². The molecule has 0 saturated carbocycles. The standard InChI is InChI=1S/C13H20N2O2/c1-10-4-3-5-12(11(10)2)17-9-8-15-13(16)6-7-14/h3-5H,6-9,14H2,1-2H3,(H,15,16). The van der Waals surface area contributed by atoms with Gasteiger partial charge in [-0.2, -0.15) is 0 Å². The molecule has 3 N–H and O–H groups in total. The van der Waals surface area contributed by atoms with Crippen molar-refractivity contribution in [2.75, 3.05) is 19.7 Å². The molecule has 0 aliphatic heterocycles. The van der Waals surface area contributed by atoms with E-state index in [4.69, 9.17) is 10.5 Å². The summed E-state index contributed by atoms with van der Waals surface area (Å²) in [6.45, 7) is 5.43. The normalized spacial score (nSPS) is 10.1. The van der Waals surface area contributed by atoms with E-state index in [0.29, 0.717) is 26.1 Å². The highest BCUT2D eigenvalue weighted by atomic mass is 16.5. The Morgan fingerprint density at radius 3 is 2.88 bits per heavy atom. The van der Waals surface area contributed by atoms with E-state index in [1.807, 2.05) is 32.0 Å². The van der Waals surface area contributed by atoms with Crippen molar-refractivity contribution in [1.82, 2.24) is 5.32 Å². The monoisotopic (exact) mass is 236 g/mol. The summed E-state index contributed by atoms with van der Waals surface area (Å²) in [7, 11) is 0. The first-order chi connectivity index (χ1) is 8.15. The van der Waals surface area contributed by atoms with E-state index in [2.05, 4.69) is 5.32 Å². The Balaban J connectivity index is 2.31. The summed E-state index contributed by atoms with van der Waals surface area (Å²) < 4.78 is 5.60. The molecular weight excluding hydrogens is 216 g/mol. The van der Waals surface area contributed by atoms with Crippen molar-refractivity contribution in [3.8, 4) is 5.75 Å². The van der Waals surface area contributed by atoms with Crippen LogP contribution in [0.3, 0.4) is 0 Å². The van der Waals surface area contributed by atoms with Crippen LogP contribution in [0.25, 0.3) is 0 Å². The molecule has 1 aromatic carbocycles. The van der Waals surface area contributed by atoms with Crippen LogP contribution in [0.5, 0.6) is 5.75 Å². The highest BCUT2D eigenvalue weighted by molar-refractivity contribution is 5.75.